The third-order valence-electron chi connectivity index (χ3n) is 5.55. The van der Waals surface area contributed by atoms with Crippen LogP contribution < -0.4 is 10.6 Å². The molecular weight excluding hydrogens is 409 g/mol. The molecule has 1 heterocycles. The highest BCUT2D eigenvalue weighted by atomic mass is 19.1. The van der Waals surface area contributed by atoms with Crippen LogP contribution >= 0.6 is 0 Å². The predicted molar refractivity (Wildman–Crippen MR) is 125 cm³/mol. The van der Waals surface area contributed by atoms with Crippen LogP contribution in [0, 0.1) is 5.82 Å². The van der Waals surface area contributed by atoms with Gasteiger partial charge in [-0.2, -0.15) is 0 Å². The SMILES string of the molecule is CN1CCN(CCN(C)Cc2ccc(NC(=O)CC(=O)Nc3ccccc3)cc2F)CC1. The van der Waals surface area contributed by atoms with E-state index in [1.54, 1.807) is 36.4 Å². The van der Waals surface area contributed by atoms with E-state index in [2.05, 4.69) is 32.4 Å². The summed E-state index contributed by atoms with van der Waals surface area (Å²) >= 11 is 0. The molecule has 2 aromatic rings. The van der Waals surface area contributed by atoms with Gasteiger partial charge in [-0.3, -0.25) is 14.5 Å². The van der Waals surface area contributed by atoms with Crippen LogP contribution in [0.1, 0.15) is 12.0 Å². The minimum atomic E-state index is -0.491. The summed E-state index contributed by atoms with van der Waals surface area (Å²) in [6.07, 6.45) is -0.340. The average molecular weight is 442 g/mol. The molecule has 0 unspecified atom stereocenters. The van der Waals surface area contributed by atoms with Gasteiger partial charge in [-0.05, 0) is 38.4 Å². The molecule has 1 aliphatic heterocycles. The summed E-state index contributed by atoms with van der Waals surface area (Å²) in [5, 5.41) is 5.24. The van der Waals surface area contributed by atoms with E-state index in [0.29, 0.717) is 23.5 Å². The van der Waals surface area contributed by atoms with Gasteiger partial charge in [0.15, 0.2) is 0 Å². The van der Waals surface area contributed by atoms with E-state index >= 15 is 0 Å². The zero-order valence-corrected chi connectivity index (χ0v) is 18.8. The molecule has 2 aromatic carbocycles. The average Bonchev–Trinajstić information content (AvgIpc) is 2.76. The highest BCUT2D eigenvalue weighted by molar-refractivity contribution is 6.08. The van der Waals surface area contributed by atoms with Gasteiger partial charge >= 0.3 is 0 Å². The second-order valence-corrected chi connectivity index (χ2v) is 8.33. The van der Waals surface area contributed by atoms with E-state index in [9.17, 15) is 14.0 Å². The first-order valence-electron chi connectivity index (χ1n) is 10.9. The number of hydrogen-bond acceptors (Lipinski definition) is 5. The van der Waals surface area contributed by atoms with E-state index in [-0.39, 0.29) is 12.2 Å². The highest BCUT2D eigenvalue weighted by Crippen LogP contribution is 2.16. The van der Waals surface area contributed by atoms with Crippen LogP contribution in [0.15, 0.2) is 48.5 Å². The minimum Gasteiger partial charge on any atom is -0.326 e. The number of para-hydroxylation sites is 1. The Morgan fingerprint density at radius 3 is 2.28 bits per heavy atom. The number of hydrogen-bond donors (Lipinski definition) is 2. The molecule has 0 aliphatic carbocycles. The Hall–Kier alpha value is -2.81. The van der Waals surface area contributed by atoms with Gasteiger partial charge in [0.05, 0.1) is 0 Å². The number of benzene rings is 2. The first kappa shape index (κ1) is 23.8. The maximum Gasteiger partial charge on any atom is 0.233 e. The van der Waals surface area contributed by atoms with Crippen molar-refractivity contribution in [3.63, 3.8) is 0 Å². The molecule has 1 saturated heterocycles. The van der Waals surface area contributed by atoms with Crippen LogP contribution in [0.25, 0.3) is 0 Å². The van der Waals surface area contributed by atoms with E-state index < -0.39 is 11.8 Å². The summed E-state index contributed by atoms with van der Waals surface area (Å²) in [6.45, 7) is 6.61. The van der Waals surface area contributed by atoms with Gasteiger partial charge in [0.25, 0.3) is 0 Å². The molecule has 0 radical (unpaired) electrons. The van der Waals surface area contributed by atoms with Crippen LogP contribution in [0.4, 0.5) is 15.8 Å². The van der Waals surface area contributed by atoms with Crippen molar-refractivity contribution in [1.82, 2.24) is 14.7 Å². The third-order valence-corrected chi connectivity index (χ3v) is 5.55. The Balaban J connectivity index is 1.43. The van der Waals surface area contributed by atoms with Crippen molar-refractivity contribution in [3.8, 4) is 0 Å². The highest BCUT2D eigenvalue weighted by Gasteiger charge is 2.15. The van der Waals surface area contributed by atoms with Crippen molar-refractivity contribution in [3.05, 3.63) is 59.9 Å². The molecule has 0 bridgehead atoms. The van der Waals surface area contributed by atoms with Crippen LogP contribution in [0.2, 0.25) is 0 Å². The number of halogens is 1. The summed E-state index contributed by atoms with van der Waals surface area (Å²) in [5.74, 6) is -1.29. The van der Waals surface area contributed by atoms with Crippen LogP contribution in [-0.2, 0) is 16.1 Å². The normalized spacial score (nSPS) is 15.0. The summed E-state index contributed by atoms with van der Waals surface area (Å²) in [6, 6.07) is 13.6. The molecule has 7 nitrogen and oxygen atoms in total. The van der Waals surface area contributed by atoms with Gasteiger partial charge in [0, 0.05) is 62.8 Å². The van der Waals surface area contributed by atoms with Crippen molar-refractivity contribution in [2.45, 2.75) is 13.0 Å². The molecule has 2 amide bonds. The lowest BCUT2D eigenvalue weighted by Crippen LogP contribution is -2.46. The van der Waals surface area contributed by atoms with Crippen molar-refractivity contribution in [2.75, 3.05) is 64.0 Å². The largest absolute Gasteiger partial charge is 0.326 e. The Bertz CT molecular complexity index is 901. The lowest BCUT2D eigenvalue weighted by molar-refractivity contribution is -0.123. The van der Waals surface area contributed by atoms with Crippen LogP contribution in [0.3, 0.4) is 0 Å². The minimum absolute atomic E-state index is 0.337. The Morgan fingerprint density at radius 2 is 1.62 bits per heavy atom. The molecule has 0 spiro atoms. The van der Waals surface area contributed by atoms with Gasteiger partial charge in [0.1, 0.15) is 12.2 Å². The topological polar surface area (TPSA) is 67.9 Å². The zero-order chi connectivity index (χ0) is 22.9. The lowest BCUT2D eigenvalue weighted by atomic mass is 10.1. The second kappa shape index (κ2) is 11.7. The van der Waals surface area contributed by atoms with Crippen LogP contribution in [0.5, 0.6) is 0 Å². The Kier molecular flexibility index (Phi) is 8.72. The molecular formula is C24H32FN5O2. The van der Waals surface area contributed by atoms with E-state index in [1.807, 2.05) is 13.1 Å². The van der Waals surface area contributed by atoms with Gasteiger partial charge in [-0.1, -0.05) is 24.3 Å². The number of likely N-dealkylation sites (N-methyl/N-ethyl adjacent to an activating group) is 2. The molecule has 1 aliphatic rings. The fourth-order valence-corrected chi connectivity index (χ4v) is 3.58. The second-order valence-electron chi connectivity index (χ2n) is 8.33. The summed E-state index contributed by atoms with van der Waals surface area (Å²) in [4.78, 5) is 31.0. The number of carbonyl (C=O) groups is 2. The van der Waals surface area contributed by atoms with Gasteiger partial charge in [-0.25, -0.2) is 4.39 Å². The van der Waals surface area contributed by atoms with Crippen LogP contribution in [-0.4, -0.2) is 79.9 Å². The van der Waals surface area contributed by atoms with Gasteiger partial charge < -0.3 is 20.4 Å². The number of anilines is 2. The summed E-state index contributed by atoms with van der Waals surface area (Å²) < 4.78 is 14.6. The smallest absolute Gasteiger partial charge is 0.233 e. The quantitative estimate of drug-likeness (QED) is 0.586. The first-order chi connectivity index (χ1) is 15.4. The van der Waals surface area contributed by atoms with E-state index in [0.717, 1.165) is 39.3 Å². The third kappa shape index (κ3) is 7.71. The maximum atomic E-state index is 14.6. The fourth-order valence-electron chi connectivity index (χ4n) is 3.58. The van der Waals surface area contributed by atoms with Crippen molar-refractivity contribution in [1.29, 1.82) is 0 Å². The summed E-state index contributed by atoms with van der Waals surface area (Å²) in [5.41, 5.74) is 1.53. The van der Waals surface area contributed by atoms with Crippen molar-refractivity contribution >= 4 is 23.2 Å². The fraction of sp³-hybridized carbons (Fsp3) is 0.417. The first-order valence-corrected chi connectivity index (χ1v) is 10.9. The van der Waals surface area contributed by atoms with Crippen molar-refractivity contribution < 1.29 is 14.0 Å². The van der Waals surface area contributed by atoms with Gasteiger partial charge in [-0.15, -0.1) is 0 Å². The standard InChI is InChI=1S/C24H32FN5O2/c1-28-10-13-30(14-11-28)15-12-29(2)18-19-8-9-21(16-22(19)25)27-24(32)17-23(31)26-20-6-4-3-5-7-20/h3-9,16H,10-15,17-18H2,1-2H3,(H,26,31)(H,27,32). The molecule has 0 aromatic heterocycles. The molecule has 1 fully saturated rings. The Labute approximate surface area is 189 Å². The molecule has 172 valence electrons. The van der Waals surface area contributed by atoms with Gasteiger partial charge in [0.2, 0.25) is 11.8 Å². The number of nitrogens with zero attached hydrogens (tertiary/aromatic N) is 3. The zero-order valence-electron chi connectivity index (χ0n) is 18.8. The summed E-state index contributed by atoms with van der Waals surface area (Å²) in [7, 11) is 4.12. The number of amides is 2. The lowest BCUT2D eigenvalue weighted by Gasteiger charge is -2.33. The number of rotatable bonds is 9. The molecule has 3 rings (SSSR count). The monoisotopic (exact) mass is 441 g/mol. The molecule has 0 atom stereocenters. The number of carbonyl (C=O) groups excluding carboxylic acids is 2. The molecule has 32 heavy (non-hydrogen) atoms. The maximum absolute atomic E-state index is 14.6. The molecule has 0 saturated carbocycles. The molecule has 8 heteroatoms. The predicted octanol–water partition coefficient (Wildman–Crippen LogP) is 2.47. The number of piperazine rings is 1. The van der Waals surface area contributed by atoms with Crippen molar-refractivity contribution in [2.24, 2.45) is 0 Å². The number of nitrogens with one attached hydrogen (secondary N) is 2. The molecule has 2 N–H and O–H groups in total. The van der Waals surface area contributed by atoms with E-state index in [1.165, 1.54) is 6.07 Å². The Morgan fingerprint density at radius 1 is 0.969 bits per heavy atom. The van der Waals surface area contributed by atoms with E-state index in [4.69, 9.17) is 0 Å².